The van der Waals surface area contributed by atoms with E-state index in [2.05, 4.69) is 14.7 Å². The Morgan fingerprint density at radius 3 is 2.50 bits per heavy atom. The lowest BCUT2D eigenvalue weighted by Gasteiger charge is -2.09. The molecule has 0 fully saturated rings. The number of aromatic nitrogens is 3. The van der Waals surface area contributed by atoms with Crippen LogP contribution in [0.2, 0.25) is 5.02 Å². The van der Waals surface area contributed by atoms with Gasteiger partial charge in [0.15, 0.2) is 0 Å². The van der Waals surface area contributed by atoms with Gasteiger partial charge in [0, 0.05) is 27.7 Å². The van der Waals surface area contributed by atoms with E-state index in [9.17, 15) is 4.79 Å². The first kappa shape index (κ1) is 18.2. The average molecular weight is 391 g/mol. The van der Waals surface area contributed by atoms with Crippen molar-refractivity contribution in [1.29, 1.82) is 0 Å². The average Bonchev–Trinajstić information content (AvgIpc) is 2.96. The van der Waals surface area contributed by atoms with Gasteiger partial charge in [0.1, 0.15) is 5.82 Å². The number of nitrogens with zero attached hydrogens (tertiary/aromatic N) is 4. The van der Waals surface area contributed by atoms with Gasteiger partial charge < -0.3 is 4.57 Å². The van der Waals surface area contributed by atoms with Crippen molar-refractivity contribution in [3.8, 4) is 5.69 Å². The number of halogens is 1. The molecular weight excluding hydrogens is 372 g/mol. The van der Waals surface area contributed by atoms with Crippen LogP contribution in [-0.4, -0.2) is 20.4 Å². The van der Waals surface area contributed by atoms with Crippen LogP contribution < -0.4 is 5.56 Å². The molecule has 0 atom stereocenters. The molecule has 0 aliphatic rings. The van der Waals surface area contributed by atoms with E-state index in [4.69, 9.17) is 11.6 Å². The molecule has 0 N–H and O–H groups in total. The highest BCUT2D eigenvalue weighted by atomic mass is 35.5. The van der Waals surface area contributed by atoms with Crippen molar-refractivity contribution in [2.24, 2.45) is 5.10 Å². The van der Waals surface area contributed by atoms with Crippen molar-refractivity contribution < 1.29 is 0 Å². The molecule has 0 saturated heterocycles. The maximum atomic E-state index is 12.8. The maximum absolute atomic E-state index is 12.8. The Morgan fingerprint density at radius 1 is 1.04 bits per heavy atom. The normalized spacial score (nSPS) is 11.6. The Morgan fingerprint density at radius 2 is 1.75 bits per heavy atom. The number of hydrogen-bond donors (Lipinski definition) is 0. The lowest BCUT2D eigenvalue weighted by molar-refractivity contribution is 0.770. The summed E-state index contributed by atoms with van der Waals surface area (Å²) in [5, 5.41) is 5.68. The molecule has 4 rings (SSSR count). The Bertz CT molecular complexity index is 1270. The highest BCUT2D eigenvalue weighted by molar-refractivity contribution is 6.30. The van der Waals surface area contributed by atoms with E-state index in [1.54, 1.807) is 19.2 Å². The van der Waals surface area contributed by atoms with Crippen molar-refractivity contribution >= 4 is 28.7 Å². The summed E-state index contributed by atoms with van der Waals surface area (Å²) in [5.41, 5.74) is 4.57. The van der Waals surface area contributed by atoms with Crippen LogP contribution in [0, 0.1) is 20.8 Å². The molecule has 0 amide bonds. The molecule has 140 valence electrons. The monoisotopic (exact) mass is 390 g/mol. The second kappa shape index (κ2) is 7.09. The Hall–Kier alpha value is -3.18. The van der Waals surface area contributed by atoms with Crippen molar-refractivity contribution in [3.05, 3.63) is 92.7 Å². The van der Waals surface area contributed by atoms with Gasteiger partial charge in [0.25, 0.3) is 5.56 Å². The van der Waals surface area contributed by atoms with Crippen molar-refractivity contribution in [2.45, 2.75) is 20.8 Å². The van der Waals surface area contributed by atoms with Crippen LogP contribution in [0.4, 0.5) is 0 Å². The van der Waals surface area contributed by atoms with Crippen LogP contribution >= 0.6 is 11.6 Å². The summed E-state index contributed by atoms with van der Waals surface area (Å²) >= 11 is 6.00. The van der Waals surface area contributed by atoms with E-state index in [1.165, 1.54) is 4.68 Å². The van der Waals surface area contributed by atoms with Crippen LogP contribution in [0.15, 0.2) is 64.5 Å². The van der Waals surface area contributed by atoms with Crippen LogP contribution in [-0.2, 0) is 0 Å². The predicted octanol–water partition coefficient (Wildman–Crippen LogP) is 4.65. The Balaban J connectivity index is 1.77. The van der Waals surface area contributed by atoms with E-state index in [-0.39, 0.29) is 5.56 Å². The third-order valence-electron chi connectivity index (χ3n) is 4.78. The molecule has 0 radical (unpaired) electrons. The second-order valence-electron chi connectivity index (χ2n) is 6.68. The molecule has 0 aliphatic heterocycles. The lowest BCUT2D eigenvalue weighted by atomic mass is 10.2. The Kier molecular flexibility index (Phi) is 4.61. The van der Waals surface area contributed by atoms with E-state index in [1.807, 2.05) is 62.4 Å². The van der Waals surface area contributed by atoms with Crippen LogP contribution in [0.25, 0.3) is 16.6 Å². The fourth-order valence-corrected chi connectivity index (χ4v) is 3.52. The smallest absolute Gasteiger partial charge is 0.282 e. The van der Waals surface area contributed by atoms with E-state index in [0.29, 0.717) is 21.7 Å². The summed E-state index contributed by atoms with van der Waals surface area (Å²) in [6.45, 7) is 5.84. The van der Waals surface area contributed by atoms with E-state index >= 15 is 0 Å². The summed E-state index contributed by atoms with van der Waals surface area (Å²) < 4.78 is 3.47. The molecule has 2 heterocycles. The van der Waals surface area contributed by atoms with Gasteiger partial charge >= 0.3 is 0 Å². The minimum absolute atomic E-state index is 0.175. The van der Waals surface area contributed by atoms with Crippen LogP contribution in [0.3, 0.4) is 0 Å². The highest BCUT2D eigenvalue weighted by Gasteiger charge is 2.11. The maximum Gasteiger partial charge on any atom is 0.282 e. The molecule has 5 nitrogen and oxygen atoms in total. The number of para-hydroxylation sites is 1. The number of rotatable bonds is 3. The summed E-state index contributed by atoms with van der Waals surface area (Å²) in [4.78, 5) is 17.3. The third-order valence-corrected chi connectivity index (χ3v) is 5.03. The van der Waals surface area contributed by atoms with Gasteiger partial charge in [-0.05, 0) is 63.2 Å². The fourth-order valence-electron chi connectivity index (χ4n) is 3.40. The summed E-state index contributed by atoms with van der Waals surface area (Å²) in [5.74, 6) is 0.548. The minimum atomic E-state index is -0.175. The highest BCUT2D eigenvalue weighted by Crippen LogP contribution is 2.21. The SMILES string of the molecule is Cc1cc(/C=N\n2c(C)nc3ccccc3c2=O)c(C)n1-c1ccc(Cl)cc1. The molecule has 2 aromatic heterocycles. The summed E-state index contributed by atoms with van der Waals surface area (Å²) in [6.07, 6.45) is 1.71. The van der Waals surface area contributed by atoms with Crippen molar-refractivity contribution in [2.75, 3.05) is 0 Å². The zero-order chi connectivity index (χ0) is 19.8. The van der Waals surface area contributed by atoms with Crippen molar-refractivity contribution in [1.82, 2.24) is 14.2 Å². The number of fused-ring (bicyclic) bond motifs is 1. The standard InChI is InChI=1S/C22H19ClN4O/c1-14-12-17(15(2)26(14)19-10-8-18(23)9-11-19)13-24-27-16(3)25-21-7-5-4-6-20(21)22(27)28/h4-13H,1-3H3/b24-13-. The van der Waals surface area contributed by atoms with Crippen LogP contribution in [0.1, 0.15) is 22.8 Å². The topological polar surface area (TPSA) is 52.2 Å². The van der Waals surface area contributed by atoms with E-state index < -0.39 is 0 Å². The lowest BCUT2D eigenvalue weighted by Crippen LogP contribution is -2.20. The zero-order valence-electron chi connectivity index (χ0n) is 15.8. The number of aryl methyl sites for hydroxylation is 2. The number of hydrogen-bond acceptors (Lipinski definition) is 3. The number of benzene rings is 2. The minimum Gasteiger partial charge on any atom is -0.318 e. The molecule has 6 heteroatoms. The molecule has 0 saturated carbocycles. The third kappa shape index (κ3) is 3.14. The zero-order valence-corrected chi connectivity index (χ0v) is 16.6. The first-order chi connectivity index (χ1) is 13.5. The van der Waals surface area contributed by atoms with Gasteiger partial charge in [-0.3, -0.25) is 4.79 Å². The van der Waals surface area contributed by atoms with Gasteiger partial charge in [0.05, 0.1) is 17.1 Å². The van der Waals surface area contributed by atoms with Gasteiger partial charge in [0.2, 0.25) is 0 Å². The quantitative estimate of drug-likeness (QED) is 0.478. The Labute approximate surface area is 167 Å². The largest absolute Gasteiger partial charge is 0.318 e. The first-order valence-corrected chi connectivity index (χ1v) is 9.31. The first-order valence-electron chi connectivity index (χ1n) is 8.93. The predicted molar refractivity (Wildman–Crippen MR) is 114 cm³/mol. The molecule has 0 bridgehead atoms. The molecule has 0 spiro atoms. The van der Waals surface area contributed by atoms with Gasteiger partial charge in [-0.2, -0.15) is 9.78 Å². The van der Waals surface area contributed by atoms with Crippen LogP contribution in [0.5, 0.6) is 0 Å². The molecule has 0 unspecified atom stereocenters. The molecule has 0 aliphatic carbocycles. The van der Waals surface area contributed by atoms with Gasteiger partial charge in [-0.1, -0.05) is 23.7 Å². The second-order valence-corrected chi connectivity index (χ2v) is 7.11. The molecule has 2 aromatic carbocycles. The molecular formula is C22H19ClN4O. The molecule has 4 aromatic rings. The van der Waals surface area contributed by atoms with Gasteiger partial charge in [-0.15, -0.1) is 0 Å². The van der Waals surface area contributed by atoms with Crippen molar-refractivity contribution in [3.63, 3.8) is 0 Å². The summed E-state index contributed by atoms with van der Waals surface area (Å²) in [6, 6.07) is 17.0. The van der Waals surface area contributed by atoms with Gasteiger partial charge in [-0.25, -0.2) is 4.98 Å². The fraction of sp³-hybridized carbons (Fsp3) is 0.136. The summed E-state index contributed by atoms with van der Waals surface area (Å²) in [7, 11) is 0. The van der Waals surface area contributed by atoms with E-state index in [0.717, 1.165) is 22.6 Å². The molecule has 28 heavy (non-hydrogen) atoms.